The van der Waals surface area contributed by atoms with E-state index < -0.39 is 0 Å². The second kappa shape index (κ2) is 2.46. The lowest BCUT2D eigenvalue weighted by molar-refractivity contribution is 1.38. The molecule has 1 aromatic heterocycles. The number of nitrogens with two attached hydrogens (primary N) is 1. The van der Waals surface area contributed by atoms with Crippen LogP contribution in [0.15, 0.2) is 6.20 Å². The molecular formula is C4H5BrN2S. The summed E-state index contributed by atoms with van der Waals surface area (Å²) in [5, 5.41) is 1.49. The third kappa shape index (κ3) is 1.20. The standard InChI is InChI=1S/C4H5BrN2S/c5-1-3-2-7-4(6)8-3/h2H,1H2,(H2,6,7). The van der Waals surface area contributed by atoms with Gasteiger partial charge in [-0.3, -0.25) is 0 Å². The van der Waals surface area contributed by atoms with E-state index in [1.165, 1.54) is 16.2 Å². The molecule has 0 aliphatic carbocycles. The Morgan fingerprint density at radius 2 is 2.62 bits per heavy atom. The van der Waals surface area contributed by atoms with Gasteiger partial charge in [0.2, 0.25) is 0 Å². The Morgan fingerprint density at radius 3 is 2.88 bits per heavy atom. The predicted octanol–water partition coefficient (Wildman–Crippen LogP) is 1.62. The lowest BCUT2D eigenvalue weighted by Gasteiger charge is -1.76. The Labute approximate surface area is 59.9 Å². The summed E-state index contributed by atoms with van der Waals surface area (Å²) in [5.74, 6) is 0. The van der Waals surface area contributed by atoms with E-state index >= 15 is 0 Å². The number of alkyl halides is 1. The first-order chi connectivity index (χ1) is 3.83. The number of thiazole rings is 1. The van der Waals surface area contributed by atoms with E-state index in [1.807, 2.05) is 0 Å². The van der Waals surface area contributed by atoms with Gasteiger partial charge < -0.3 is 5.73 Å². The Kier molecular flexibility index (Phi) is 1.85. The second-order valence-electron chi connectivity index (χ2n) is 1.30. The smallest absolute Gasteiger partial charge is 0.180 e. The molecule has 2 N–H and O–H groups in total. The summed E-state index contributed by atoms with van der Waals surface area (Å²) in [6.07, 6.45) is 1.77. The maximum atomic E-state index is 5.34. The molecule has 0 saturated carbocycles. The van der Waals surface area contributed by atoms with Crippen LogP contribution in [-0.4, -0.2) is 4.98 Å². The van der Waals surface area contributed by atoms with Crippen molar-refractivity contribution in [2.24, 2.45) is 0 Å². The van der Waals surface area contributed by atoms with Gasteiger partial charge in [-0.1, -0.05) is 15.9 Å². The largest absolute Gasteiger partial charge is 0.375 e. The predicted molar refractivity (Wildman–Crippen MR) is 39.2 cm³/mol. The second-order valence-corrected chi connectivity index (χ2v) is 3.01. The normalized spacial score (nSPS) is 9.62. The van der Waals surface area contributed by atoms with Crippen molar-refractivity contribution in [3.63, 3.8) is 0 Å². The van der Waals surface area contributed by atoms with Gasteiger partial charge in [0, 0.05) is 16.4 Å². The first kappa shape index (κ1) is 6.04. The molecule has 0 saturated heterocycles. The maximum absolute atomic E-state index is 5.34. The fourth-order valence-corrected chi connectivity index (χ4v) is 1.41. The molecule has 0 aromatic carbocycles. The Hall–Kier alpha value is -0.0900. The SMILES string of the molecule is Nc1ncc(CBr)s1. The highest BCUT2D eigenvalue weighted by molar-refractivity contribution is 9.08. The number of anilines is 1. The van der Waals surface area contributed by atoms with Gasteiger partial charge in [-0.15, -0.1) is 11.3 Å². The fourth-order valence-electron chi connectivity index (χ4n) is 0.384. The highest BCUT2D eigenvalue weighted by Crippen LogP contribution is 2.16. The van der Waals surface area contributed by atoms with Gasteiger partial charge in [-0.25, -0.2) is 4.98 Å². The van der Waals surface area contributed by atoms with Crippen LogP contribution >= 0.6 is 27.3 Å². The van der Waals surface area contributed by atoms with Crippen molar-refractivity contribution in [2.45, 2.75) is 5.33 Å². The minimum atomic E-state index is 0.638. The molecule has 0 amide bonds. The van der Waals surface area contributed by atoms with Crippen LogP contribution in [0.25, 0.3) is 0 Å². The number of nitrogens with zero attached hydrogens (tertiary/aromatic N) is 1. The quantitative estimate of drug-likeness (QED) is 0.688. The number of aromatic nitrogens is 1. The van der Waals surface area contributed by atoms with E-state index in [2.05, 4.69) is 20.9 Å². The fraction of sp³-hybridized carbons (Fsp3) is 0.250. The molecule has 1 rings (SSSR count). The Balaban J connectivity index is 2.84. The molecule has 0 spiro atoms. The van der Waals surface area contributed by atoms with Crippen molar-refractivity contribution < 1.29 is 0 Å². The van der Waals surface area contributed by atoms with E-state index in [4.69, 9.17) is 5.73 Å². The zero-order valence-corrected chi connectivity index (χ0v) is 6.50. The summed E-state index contributed by atoms with van der Waals surface area (Å²) in [6.45, 7) is 0. The summed E-state index contributed by atoms with van der Waals surface area (Å²) in [5.41, 5.74) is 5.34. The molecule has 1 aromatic rings. The molecule has 0 fully saturated rings. The van der Waals surface area contributed by atoms with Gasteiger partial charge in [0.1, 0.15) is 0 Å². The van der Waals surface area contributed by atoms with Gasteiger partial charge >= 0.3 is 0 Å². The van der Waals surface area contributed by atoms with Crippen molar-refractivity contribution >= 4 is 32.4 Å². The monoisotopic (exact) mass is 192 g/mol. The zero-order valence-electron chi connectivity index (χ0n) is 4.10. The maximum Gasteiger partial charge on any atom is 0.180 e. The van der Waals surface area contributed by atoms with Crippen LogP contribution in [0.2, 0.25) is 0 Å². The first-order valence-electron chi connectivity index (χ1n) is 2.09. The molecule has 44 valence electrons. The summed E-state index contributed by atoms with van der Waals surface area (Å²) in [4.78, 5) is 5.02. The van der Waals surface area contributed by atoms with Crippen molar-refractivity contribution in [3.05, 3.63) is 11.1 Å². The van der Waals surface area contributed by atoms with Crippen LogP contribution in [0, 0.1) is 0 Å². The molecule has 0 aliphatic heterocycles. The van der Waals surface area contributed by atoms with E-state index in [0.29, 0.717) is 5.13 Å². The van der Waals surface area contributed by atoms with Crippen molar-refractivity contribution in [3.8, 4) is 0 Å². The third-order valence-electron chi connectivity index (χ3n) is 0.703. The van der Waals surface area contributed by atoms with Gasteiger partial charge in [-0.2, -0.15) is 0 Å². The zero-order chi connectivity index (χ0) is 5.98. The van der Waals surface area contributed by atoms with E-state index in [9.17, 15) is 0 Å². The molecular weight excluding hydrogens is 188 g/mol. The minimum Gasteiger partial charge on any atom is -0.375 e. The molecule has 0 atom stereocenters. The van der Waals surface area contributed by atoms with Crippen molar-refractivity contribution in [1.29, 1.82) is 0 Å². The highest BCUT2D eigenvalue weighted by atomic mass is 79.9. The molecule has 4 heteroatoms. The van der Waals surface area contributed by atoms with Crippen LogP contribution in [0.3, 0.4) is 0 Å². The Bertz CT molecular complexity index is 174. The van der Waals surface area contributed by atoms with E-state index in [1.54, 1.807) is 6.20 Å². The molecule has 8 heavy (non-hydrogen) atoms. The number of hydrogen-bond donors (Lipinski definition) is 1. The van der Waals surface area contributed by atoms with Gasteiger partial charge in [0.05, 0.1) is 0 Å². The lowest BCUT2D eigenvalue weighted by atomic mass is 10.7. The molecule has 0 unspecified atom stereocenters. The van der Waals surface area contributed by atoms with Gasteiger partial charge in [-0.05, 0) is 0 Å². The van der Waals surface area contributed by atoms with Crippen molar-refractivity contribution in [2.75, 3.05) is 5.73 Å². The molecule has 1 heterocycles. The average Bonchev–Trinajstić information content (AvgIpc) is 2.14. The number of rotatable bonds is 1. The van der Waals surface area contributed by atoms with E-state index in [-0.39, 0.29) is 0 Å². The highest BCUT2D eigenvalue weighted by Gasteiger charge is 1.92. The lowest BCUT2D eigenvalue weighted by Crippen LogP contribution is -1.77. The van der Waals surface area contributed by atoms with Crippen molar-refractivity contribution in [1.82, 2.24) is 4.98 Å². The van der Waals surface area contributed by atoms with E-state index in [0.717, 1.165) is 5.33 Å². The van der Waals surface area contributed by atoms with Gasteiger partial charge in [0.25, 0.3) is 0 Å². The Morgan fingerprint density at radius 1 is 1.88 bits per heavy atom. The molecule has 0 bridgehead atoms. The summed E-state index contributed by atoms with van der Waals surface area (Å²) in [6, 6.07) is 0. The van der Waals surface area contributed by atoms with Crippen LogP contribution in [-0.2, 0) is 5.33 Å². The number of nitrogen functional groups attached to an aromatic ring is 1. The van der Waals surface area contributed by atoms with Crippen LogP contribution < -0.4 is 5.73 Å². The number of hydrogen-bond acceptors (Lipinski definition) is 3. The average molecular weight is 193 g/mol. The van der Waals surface area contributed by atoms with Gasteiger partial charge in [0.15, 0.2) is 5.13 Å². The molecule has 0 radical (unpaired) electrons. The number of halogens is 1. The minimum absolute atomic E-state index is 0.638. The van der Waals surface area contributed by atoms with Crippen LogP contribution in [0.5, 0.6) is 0 Å². The summed E-state index contributed by atoms with van der Waals surface area (Å²) < 4.78 is 0. The summed E-state index contributed by atoms with van der Waals surface area (Å²) in [7, 11) is 0. The summed E-state index contributed by atoms with van der Waals surface area (Å²) >= 11 is 4.79. The topological polar surface area (TPSA) is 38.9 Å². The molecule has 2 nitrogen and oxygen atoms in total. The first-order valence-corrected chi connectivity index (χ1v) is 4.03. The third-order valence-corrected chi connectivity index (χ3v) is 2.50. The van der Waals surface area contributed by atoms with Crippen LogP contribution in [0.4, 0.5) is 5.13 Å². The van der Waals surface area contributed by atoms with Crippen LogP contribution in [0.1, 0.15) is 4.88 Å². The molecule has 0 aliphatic rings.